The molecule has 134 valence electrons. The van der Waals surface area contributed by atoms with Gasteiger partial charge in [0.15, 0.2) is 0 Å². The summed E-state index contributed by atoms with van der Waals surface area (Å²) < 4.78 is 16.1. The first-order chi connectivity index (χ1) is 10.7. The standard InChI is InChI=1S/C16H30N2O5/c1-7-8-12(18-14(20)23-15(2,3)4)16(21-5,22-6)13(19)17-11-9-10-11/h11-12H,7-10H2,1-6H3,(H,17,19)(H,18,20)/t12-/m0/s1. The van der Waals surface area contributed by atoms with Crippen molar-refractivity contribution in [2.75, 3.05) is 14.2 Å². The summed E-state index contributed by atoms with van der Waals surface area (Å²) in [4.78, 5) is 24.7. The lowest BCUT2D eigenvalue weighted by Gasteiger charge is -2.37. The maximum atomic E-state index is 12.6. The minimum Gasteiger partial charge on any atom is -0.444 e. The third-order valence-electron chi connectivity index (χ3n) is 3.56. The number of rotatable bonds is 8. The number of alkyl carbamates (subject to hydrolysis) is 1. The highest BCUT2D eigenvalue weighted by Crippen LogP contribution is 2.25. The summed E-state index contributed by atoms with van der Waals surface area (Å²) in [5.41, 5.74) is -0.625. The molecule has 0 aromatic heterocycles. The Morgan fingerprint density at radius 1 is 1.17 bits per heavy atom. The van der Waals surface area contributed by atoms with Gasteiger partial charge < -0.3 is 24.8 Å². The molecule has 23 heavy (non-hydrogen) atoms. The molecule has 1 fully saturated rings. The van der Waals surface area contributed by atoms with Gasteiger partial charge in [0.05, 0.1) is 6.04 Å². The molecule has 1 aliphatic rings. The fourth-order valence-electron chi connectivity index (χ4n) is 2.32. The molecule has 0 aromatic rings. The van der Waals surface area contributed by atoms with E-state index in [1.54, 1.807) is 20.8 Å². The summed E-state index contributed by atoms with van der Waals surface area (Å²) in [6, 6.07) is -0.493. The van der Waals surface area contributed by atoms with E-state index < -0.39 is 23.5 Å². The van der Waals surface area contributed by atoms with Crippen LogP contribution in [-0.2, 0) is 19.0 Å². The summed E-state index contributed by atoms with van der Waals surface area (Å²) in [6.45, 7) is 7.29. The van der Waals surface area contributed by atoms with Crippen molar-refractivity contribution in [2.45, 2.75) is 76.9 Å². The van der Waals surface area contributed by atoms with E-state index in [1.165, 1.54) is 14.2 Å². The number of carbonyl (C=O) groups excluding carboxylic acids is 2. The molecule has 2 N–H and O–H groups in total. The van der Waals surface area contributed by atoms with Gasteiger partial charge in [0, 0.05) is 20.3 Å². The zero-order chi connectivity index (χ0) is 17.7. The van der Waals surface area contributed by atoms with Gasteiger partial charge in [-0.1, -0.05) is 13.3 Å². The van der Waals surface area contributed by atoms with E-state index in [2.05, 4.69) is 10.6 Å². The minimum atomic E-state index is -1.57. The molecule has 0 bridgehead atoms. The topological polar surface area (TPSA) is 85.9 Å². The molecule has 0 radical (unpaired) electrons. The first-order valence-electron chi connectivity index (χ1n) is 8.09. The lowest BCUT2D eigenvalue weighted by atomic mass is 10.0. The normalized spacial score (nSPS) is 16.6. The van der Waals surface area contributed by atoms with Crippen LogP contribution in [0.4, 0.5) is 4.79 Å². The Morgan fingerprint density at radius 2 is 1.74 bits per heavy atom. The van der Waals surface area contributed by atoms with Crippen LogP contribution in [0.3, 0.4) is 0 Å². The fourth-order valence-corrected chi connectivity index (χ4v) is 2.32. The second-order valence-electron chi connectivity index (χ2n) is 6.81. The average Bonchev–Trinajstić information content (AvgIpc) is 3.22. The Balaban J connectivity index is 2.90. The van der Waals surface area contributed by atoms with Crippen LogP contribution in [-0.4, -0.2) is 49.7 Å². The van der Waals surface area contributed by atoms with E-state index in [1.807, 2.05) is 6.92 Å². The van der Waals surface area contributed by atoms with E-state index in [4.69, 9.17) is 14.2 Å². The molecular formula is C16H30N2O5. The van der Waals surface area contributed by atoms with Gasteiger partial charge in [0.25, 0.3) is 11.7 Å². The van der Waals surface area contributed by atoms with Crippen LogP contribution in [0.5, 0.6) is 0 Å². The number of nitrogens with one attached hydrogen (secondary N) is 2. The second kappa shape index (κ2) is 7.97. The molecule has 0 saturated heterocycles. The Kier molecular flexibility index (Phi) is 6.83. The SMILES string of the molecule is CCC[C@H](NC(=O)OC(C)(C)C)C(OC)(OC)C(=O)NC1CC1. The van der Waals surface area contributed by atoms with Crippen LogP contribution in [0.25, 0.3) is 0 Å². The highest BCUT2D eigenvalue weighted by molar-refractivity contribution is 5.86. The van der Waals surface area contributed by atoms with Crippen molar-refractivity contribution in [1.29, 1.82) is 0 Å². The summed E-state index contributed by atoms with van der Waals surface area (Å²) in [7, 11) is 2.80. The highest BCUT2D eigenvalue weighted by Gasteiger charge is 2.49. The predicted octanol–water partition coefficient (Wildman–Crippen LogP) is 1.95. The van der Waals surface area contributed by atoms with E-state index in [9.17, 15) is 9.59 Å². The Morgan fingerprint density at radius 3 is 2.13 bits per heavy atom. The quantitative estimate of drug-likeness (QED) is 0.664. The summed E-state index contributed by atoms with van der Waals surface area (Å²) in [6.07, 6.45) is 2.55. The molecule has 1 aliphatic carbocycles. The van der Waals surface area contributed by atoms with Gasteiger partial charge in [-0.3, -0.25) is 4.79 Å². The van der Waals surface area contributed by atoms with Crippen molar-refractivity contribution >= 4 is 12.0 Å². The van der Waals surface area contributed by atoms with Crippen molar-refractivity contribution in [2.24, 2.45) is 0 Å². The molecule has 1 saturated carbocycles. The zero-order valence-corrected chi connectivity index (χ0v) is 15.0. The van der Waals surface area contributed by atoms with Crippen LogP contribution in [0.2, 0.25) is 0 Å². The summed E-state index contributed by atoms with van der Waals surface area (Å²) in [5.74, 6) is -1.95. The van der Waals surface area contributed by atoms with Gasteiger partial charge in [-0.2, -0.15) is 0 Å². The smallest absolute Gasteiger partial charge is 0.408 e. The number of carbonyl (C=O) groups is 2. The molecular weight excluding hydrogens is 300 g/mol. The third-order valence-corrected chi connectivity index (χ3v) is 3.56. The molecule has 1 rings (SSSR count). The lowest BCUT2D eigenvalue weighted by molar-refractivity contribution is -0.222. The number of amides is 2. The van der Waals surface area contributed by atoms with Gasteiger partial charge in [-0.15, -0.1) is 0 Å². The second-order valence-corrected chi connectivity index (χ2v) is 6.81. The van der Waals surface area contributed by atoms with E-state index in [-0.39, 0.29) is 11.9 Å². The van der Waals surface area contributed by atoms with Crippen LogP contribution < -0.4 is 10.6 Å². The minimum absolute atomic E-state index is 0.163. The van der Waals surface area contributed by atoms with E-state index in [0.717, 1.165) is 19.3 Å². The van der Waals surface area contributed by atoms with Crippen molar-refractivity contribution in [1.82, 2.24) is 10.6 Å². The largest absolute Gasteiger partial charge is 0.444 e. The Hall–Kier alpha value is -1.34. The maximum Gasteiger partial charge on any atom is 0.408 e. The lowest BCUT2D eigenvalue weighted by Crippen LogP contribution is -2.63. The molecule has 0 spiro atoms. The van der Waals surface area contributed by atoms with E-state index >= 15 is 0 Å². The van der Waals surface area contributed by atoms with Crippen molar-refractivity contribution in [3.05, 3.63) is 0 Å². The Labute approximate surface area is 138 Å². The van der Waals surface area contributed by atoms with Gasteiger partial charge in [0.2, 0.25) is 0 Å². The molecule has 2 amide bonds. The third kappa shape index (κ3) is 5.66. The molecule has 0 aromatic carbocycles. The number of methoxy groups -OCH3 is 2. The van der Waals surface area contributed by atoms with Crippen LogP contribution >= 0.6 is 0 Å². The molecule has 1 atom stereocenters. The first kappa shape index (κ1) is 19.7. The van der Waals surface area contributed by atoms with Crippen LogP contribution in [0, 0.1) is 0 Å². The van der Waals surface area contributed by atoms with Crippen molar-refractivity contribution in [3.63, 3.8) is 0 Å². The van der Waals surface area contributed by atoms with Gasteiger partial charge >= 0.3 is 6.09 Å². The van der Waals surface area contributed by atoms with Gasteiger partial charge in [0.1, 0.15) is 5.60 Å². The number of hydrogen-bond acceptors (Lipinski definition) is 5. The van der Waals surface area contributed by atoms with Crippen LogP contribution in [0.15, 0.2) is 0 Å². The predicted molar refractivity (Wildman–Crippen MR) is 86.0 cm³/mol. The van der Waals surface area contributed by atoms with Crippen molar-refractivity contribution in [3.8, 4) is 0 Å². The Bertz CT molecular complexity index is 411. The monoisotopic (exact) mass is 330 g/mol. The fraction of sp³-hybridized carbons (Fsp3) is 0.875. The zero-order valence-electron chi connectivity index (χ0n) is 15.0. The molecule has 0 unspecified atom stereocenters. The molecule has 7 heteroatoms. The summed E-state index contributed by atoms with van der Waals surface area (Å²) in [5, 5.41) is 5.60. The van der Waals surface area contributed by atoms with Crippen molar-refractivity contribution < 1.29 is 23.8 Å². The number of ether oxygens (including phenoxy) is 3. The maximum absolute atomic E-state index is 12.6. The molecule has 7 nitrogen and oxygen atoms in total. The molecule has 0 aliphatic heterocycles. The first-order valence-corrected chi connectivity index (χ1v) is 8.09. The van der Waals surface area contributed by atoms with Gasteiger partial charge in [-0.05, 0) is 40.0 Å². The number of hydrogen-bond donors (Lipinski definition) is 2. The van der Waals surface area contributed by atoms with Crippen LogP contribution in [0.1, 0.15) is 53.4 Å². The average molecular weight is 330 g/mol. The highest BCUT2D eigenvalue weighted by atomic mass is 16.7. The van der Waals surface area contributed by atoms with Gasteiger partial charge in [-0.25, -0.2) is 4.79 Å². The van der Waals surface area contributed by atoms with E-state index in [0.29, 0.717) is 6.42 Å². The summed E-state index contributed by atoms with van der Waals surface area (Å²) >= 11 is 0. The molecule has 0 heterocycles.